The van der Waals surface area contributed by atoms with Crippen LogP contribution in [0.3, 0.4) is 0 Å². The van der Waals surface area contributed by atoms with Crippen LogP contribution in [-0.2, 0) is 11.3 Å². The van der Waals surface area contributed by atoms with E-state index in [9.17, 15) is 0 Å². The Morgan fingerprint density at radius 1 is 1.35 bits per heavy atom. The van der Waals surface area contributed by atoms with Gasteiger partial charge in [0.15, 0.2) is 5.65 Å². The molecule has 1 saturated heterocycles. The third-order valence-electron chi connectivity index (χ3n) is 3.09. The first-order valence-electron chi connectivity index (χ1n) is 5.75. The molecule has 0 radical (unpaired) electrons. The molecule has 90 valence electrons. The lowest BCUT2D eigenvalue weighted by molar-refractivity contribution is 0.0605. The molecule has 1 aliphatic rings. The van der Waals surface area contributed by atoms with Crippen LogP contribution in [0.2, 0.25) is 5.15 Å². The summed E-state index contributed by atoms with van der Waals surface area (Å²) in [6, 6.07) is 0. The fourth-order valence-electron chi connectivity index (χ4n) is 2.14. The van der Waals surface area contributed by atoms with Gasteiger partial charge in [0.25, 0.3) is 0 Å². The van der Waals surface area contributed by atoms with E-state index in [1.54, 1.807) is 12.4 Å². The second kappa shape index (κ2) is 4.58. The molecule has 0 spiro atoms. The molecule has 0 saturated carbocycles. The van der Waals surface area contributed by atoms with E-state index >= 15 is 0 Å². The summed E-state index contributed by atoms with van der Waals surface area (Å²) in [5, 5.41) is 4.73. The second-order valence-corrected chi connectivity index (χ2v) is 4.67. The number of hydrogen-bond acceptors (Lipinski definition) is 4. The molecule has 0 N–H and O–H groups in total. The van der Waals surface area contributed by atoms with Crippen LogP contribution in [0.4, 0.5) is 0 Å². The van der Waals surface area contributed by atoms with Crippen LogP contribution in [0.1, 0.15) is 12.8 Å². The molecule has 5 nitrogen and oxygen atoms in total. The highest BCUT2D eigenvalue weighted by molar-refractivity contribution is 6.29. The lowest BCUT2D eigenvalue weighted by Gasteiger charge is -2.21. The van der Waals surface area contributed by atoms with Gasteiger partial charge in [0, 0.05) is 19.8 Å². The molecular weight excluding hydrogens is 240 g/mol. The van der Waals surface area contributed by atoms with Gasteiger partial charge in [0.05, 0.1) is 12.4 Å². The van der Waals surface area contributed by atoms with Crippen LogP contribution < -0.4 is 0 Å². The predicted molar refractivity (Wildman–Crippen MR) is 63.9 cm³/mol. The smallest absolute Gasteiger partial charge is 0.178 e. The van der Waals surface area contributed by atoms with Crippen molar-refractivity contribution in [2.75, 3.05) is 13.2 Å². The van der Waals surface area contributed by atoms with Crippen molar-refractivity contribution in [2.45, 2.75) is 19.4 Å². The summed E-state index contributed by atoms with van der Waals surface area (Å²) in [7, 11) is 0. The number of fused-ring (bicyclic) bond motifs is 1. The van der Waals surface area contributed by atoms with Gasteiger partial charge >= 0.3 is 0 Å². The minimum Gasteiger partial charge on any atom is -0.381 e. The largest absolute Gasteiger partial charge is 0.381 e. The molecule has 17 heavy (non-hydrogen) atoms. The summed E-state index contributed by atoms with van der Waals surface area (Å²) in [5.74, 6) is 0.604. The highest BCUT2D eigenvalue weighted by Gasteiger charge is 2.16. The fourth-order valence-corrected chi connectivity index (χ4v) is 2.26. The van der Waals surface area contributed by atoms with E-state index in [0.717, 1.165) is 43.8 Å². The van der Waals surface area contributed by atoms with Gasteiger partial charge in [0.2, 0.25) is 0 Å². The normalized spacial score (nSPS) is 17.7. The molecule has 6 heteroatoms. The summed E-state index contributed by atoms with van der Waals surface area (Å²) in [4.78, 5) is 8.47. The number of aromatic nitrogens is 4. The fraction of sp³-hybridized carbons (Fsp3) is 0.545. The second-order valence-electron chi connectivity index (χ2n) is 4.28. The van der Waals surface area contributed by atoms with Crippen LogP contribution in [0, 0.1) is 5.92 Å². The lowest BCUT2D eigenvalue weighted by atomic mass is 10.0. The summed E-state index contributed by atoms with van der Waals surface area (Å²) >= 11 is 5.86. The molecule has 0 aliphatic carbocycles. The van der Waals surface area contributed by atoms with E-state index in [0.29, 0.717) is 11.1 Å². The number of ether oxygens (including phenoxy) is 1. The highest BCUT2D eigenvalue weighted by Crippen LogP contribution is 2.19. The molecule has 0 amide bonds. The summed E-state index contributed by atoms with van der Waals surface area (Å²) in [5.41, 5.74) is 1.56. The monoisotopic (exact) mass is 252 g/mol. The zero-order chi connectivity index (χ0) is 11.7. The van der Waals surface area contributed by atoms with Crippen molar-refractivity contribution in [2.24, 2.45) is 5.92 Å². The van der Waals surface area contributed by atoms with E-state index in [2.05, 4.69) is 15.1 Å². The van der Waals surface area contributed by atoms with Crippen molar-refractivity contribution < 1.29 is 4.74 Å². The van der Waals surface area contributed by atoms with Crippen molar-refractivity contribution >= 4 is 22.8 Å². The zero-order valence-corrected chi connectivity index (χ0v) is 10.1. The van der Waals surface area contributed by atoms with Crippen LogP contribution in [0.5, 0.6) is 0 Å². The molecule has 0 atom stereocenters. The van der Waals surface area contributed by atoms with Crippen LogP contribution in [-0.4, -0.2) is 33.0 Å². The predicted octanol–water partition coefficient (Wildman–Crippen LogP) is 1.91. The maximum absolute atomic E-state index is 5.86. The maximum atomic E-state index is 5.86. The van der Waals surface area contributed by atoms with Crippen molar-refractivity contribution in [3.8, 4) is 0 Å². The van der Waals surface area contributed by atoms with Gasteiger partial charge in [0.1, 0.15) is 10.7 Å². The Labute approximate surface area is 104 Å². The van der Waals surface area contributed by atoms with E-state index in [4.69, 9.17) is 16.3 Å². The Kier molecular flexibility index (Phi) is 2.94. The highest BCUT2D eigenvalue weighted by atomic mass is 35.5. The van der Waals surface area contributed by atoms with Gasteiger partial charge in [-0.15, -0.1) is 0 Å². The summed E-state index contributed by atoms with van der Waals surface area (Å²) in [6.07, 6.45) is 5.44. The average Bonchev–Trinajstić information content (AvgIpc) is 2.73. The standard InChI is InChI=1S/C11H13ClN4O/c12-10-6-13-9-5-14-16(11(9)15-10)7-8-1-3-17-4-2-8/h5-6,8H,1-4,7H2. The summed E-state index contributed by atoms with van der Waals surface area (Å²) < 4.78 is 7.24. The minimum absolute atomic E-state index is 0.409. The van der Waals surface area contributed by atoms with Gasteiger partial charge in [-0.2, -0.15) is 5.10 Å². The SMILES string of the molecule is Clc1cnc2cnn(CC3CCOCC3)c2n1. The molecular formula is C11H13ClN4O. The van der Waals surface area contributed by atoms with Crippen molar-refractivity contribution in [3.63, 3.8) is 0 Å². The Balaban J connectivity index is 1.86. The first kappa shape index (κ1) is 10.9. The Morgan fingerprint density at radius 3 is 3.00 bits per heavy atom. The van der Waals surface area contributed by atoms with Crippen LogP contribution in [0.15, 0.2) is 12.4 Å². The zero-order valence-electron chi connectivity index (χ0n) is 9.34. The van der Waals surface area contributed by atoms with Gasteiger partial charge < -0.3 is 4.74 Å². The third-order valence-corrected chi connectivity index (χ3v) is 3.27. The average molecular weight is 253 g/mol. The number of halogens is 1. The molecule has 2 aromatic rings. The van der Waals surface area contributed by atoms with Crippen LogP contribution in [0.25, 0.3) is 11.2 Å². The Hall–Kier alpha value is -1.20. The minimum atomic E-state index is 0.409. The molecule has 1 aliphatic heterocycles. The lowest BCUT2D eigenvalue weighted by Crippen LogP contribution is -2.21. The molecule has 0 bridgehead atoms. The number of hydrogen-bond donors (Lipinski definition) is 0. The summed E-state index contributed by atoms with van der Waals surface area (Å²) in [6.45, 7) is 2.55. The van der Waals surface area contributed by atoms with Crippen LogP contribution >= 0.6 is 11.6 Å². The first-order chi connectivity index (χ1) is 8.33. The van der Waals surface area contributed by atoms with E-state index in [1.807, 2.05) is 4.68 Å². The molecule has 0 unspecified atom stereocenters. The number of rotatable bonds is 2. The van der Waals surface area contributed by atoms with Gasteiger partial charge in [-0.25, -0.2) is 14.6 Å². The Bertz CT molecular complexity index is 521. The van der Waals surface area contributed by atoms with E-state index < -0.39 is 0 Å². The molecule has 2 aromatic heterocycles. The topological polar surface area (TPSA) is 52.8 Å². The van der Waals surface area contributed by atoms with E-state index in [-0.39, 0.29) is 0 Å². The van der Waals surface area contributed by atoms with Crippen molar-refractivity contribution in [1.29, 1.82) is 0 Å². The molecule has 3 rings (SSSR count). The van der Waals surface area contributed by atoms with Gasteiger partial charge in [-0.3, -0.25) is 0 Å². The van der Waals surface area contributed by atoms with Gasteiger partial charge in [-0.1, -0.05) is 11.6 Å². The van der Waals surface area contributed by atoms with E-state index in [1.165, 1.54) is 0 Å². The van der Waals surface area contributed by atoms with Crippen molar-refractivity contribution in [1.82, 2.24) is 19.7 Å². The quantitative estimate of drug-likeness (QED) is 0.819. The third kappa shape index (κ3) is 2.25. The molecule has 1 fully saturated rings. The number of nitrogens with zero attached hydrogens (tertiary/aromatic N) is 4. The first-order valence-corrected chi connectivity index (χ1v) is 6.12. The molecule has 0 aromatic carbocycles. The molecule has 3 heterocycles. The van der Waals surface area contributed by atoms with Gasteiger partial charge in [-0.05, 0) is 18.8 Å². The Morgan fingerprint density at radius 2 is 2.18 bits per heavy atom. The maximum Gasteiger partial charge on any atom is 0.178 e. The van der Waals surface area contributed by atoms with Crippen molar-refractivity contribution in [3.05, 3.63) is 17.5 Å².